The zero-order valence-corrected chi connectivity index (χ0v) is 14.5. The smallest absolute Gasteiger partial charge is 0.345 e. The molecule has 1 aliphatic rings. The molecular weight excluding hydrogens is 322 g/mol. The highest BCUT2D eigenvalue weighted by molar-refractivity contribution is 5.91. The second-order valence-electron chi connectivity index (χ2n) is 6.31. The van der Waals surface area contributed by atoms with Gasteiger partial charge in [0.1, 0.15) is 11.5 Å². The molecule has 2 rings (SSSR count). The van der Waals surface area contributed by atoms with Crippen LogP contribution in [-0.4, -0.2) is 31.0 Å². The first-order valence-corrected chi connectivity index (χ1v) is 7.62. The Morgan fingerprint density at radius 2 is 1.68 bits per heavy atom. The quantitative estimate of drug-likeness (QED) is 0.839. The van der Waals surface area contributed by atoms with Crippen molar-refractivity contribution in [2.45, 2.75) is 25.6 Å². The third-order valence-electron chi connectivity index (χ3n) is 3.82. The second kappa shape index (κ2) is 6.74. The van der Waals surface area contributed by atoms with E-state index in [0.717, 1.165) is 5.69 Å². The summed E-state index contributed by atoms with van der Waals surface area (Å²) in [4.78, 5) is 14.3. The molecule has 0 spiro atoms. The predicted molar refractivity (Wildman–Crippen MR) is 89.1 cm³/mol. The molecule has 0 saturated carbocycles. The lowest BCUT2D eigenvalue weighted by molar-refractivity contribution is -0.222. The van der Waals surface area contributed by atoms with Gasteiger partial charge in [-0.25, -0.2) is 4.79 Å². The monoisotopic (exact) mass is 341 g/mol. The highest BCUT2D eigenvalue weighted by atomic mass is 16.8. The number of nitriles is 2. The van der Waals surface area contributed by atoms with Crippen molar-refractivity contribution in [1.29, 1.82) is 10.5 Å². The first-order valence-electron chi connectivity index (χ1n) is 7.62. The van der Waals surface area contributed by atoms with Crippen LogP contribution >= 0.6 is 0 Å². The number of aliphatic hydroxyl groups excluding tert-OH is 1. The van der Waals surface area contributed by atoms with Crippen molar-refractivity contribution in [3.8, 4) is 12.1 Å². The van der Waals surface area contributed by atoms with Gasteiger partial charge in [-0.1, -0.05) is 12.1 Å². The normalized spacial score (nSPS) is 17.2. The molecule has 130 valence electrons. The topological polar surface area (TPSA) is 107 Å². The molecule has 0 radical (unpaired) electrons. The standard InChI is InChI=1S/C18H19N3O4/c1-18(2)24-16(22)15(17(23)25-18)14(12(9-19)10-20)11-5-7-13(8-6-11)21(3)4/h5-8,12,14,22H,1-4H3. The van der Waals surface area contributed by atoms with Crippen LogP contribution in [0, 0.1) is 28.6 Å². The fourth-order valence-corrected chi connectivity index (χ4v) is 2.62. The zero-order valence-electron chi connectivity index (χ0n) is 14.5. The first kappa shape index (κ1) is 18.2. The number of hydrogen-bond acceptors (Lipinski definition) is 7. The summed E-state index contributed by atoms with van der Waals surface area (Å²) in [5.41, 5.74) is 1.21. The maximum absolute atomic E-state index is 12.4. The number of carbonyl (C=O) groups is 1. The highest BCUT2D eigenvalue weighted by Crippen LogP contribution is 2.39. The third-order valence-corrected chi connectivity index (χ3v) is 3.82. The van der Waals surface area contributed by atoms with Gasteiger partial charge in [0.2, 0.25) is 0 Å². The van der Waals surface area contributed by atoms with E-state index in [-0.39, 0.29) is 5.57 Å². The third kappa shape index (κ3) is 3.67. The minimum Gasteiger partial charge on any atom is -0.480 e. The van der Waals surface area contributed by atoms with E-state index >= 15 is 0 Å². The van der Waals surface area contributed by atoms with E-state index in [4.69, 9.17) is 9.47 Å². The van der Waals surface area contributed by atoms with Gasteiger partial charge in [-0.05, 0) is 17.7 Å². The van der Waals surface area contributed by atoms with Crippen molar-refractivity contribution in [3.63, 3.8) is 0 Å². The first-order chi connectivity index (χ1) is 11.7. The summed E-state index contributed by atoms with van der Waals surface area (Å²) < 4.78 is 10.4. The average molecular weight is 341 g/mol. The maximum atomic E-state index is 12.4. The molecule has 0 bridgehead atoms. The second-order valence-corrected chi connectivity index (χ2v) is 6.31. The Kier molecular flexibility index (Phi) is 4.89. The van der Waals surface area contributed by atoms with Gasteiger partial charge < -0.3 is 19.5 Å². The molecule has 1 aliphatic heterocycles. The van der Waals surface area contributed by atoms with Gasteiger partial charge in [-0.15, -0.1) is 0 Å². The molecule has 7 nitrogen and oxygen atoms in total. The minimum atomic E-state index is -1.32. The molecule has 25 heavy (non-hydrogen) atoms. The number of nitrogens with zero attached hydrogens (tertiary/aromatic N) is 3. The molecule has 1 aromatic carbocycles. The lowest BCUT2D eigenvalue weighted by Crippen LogP contribution is -2.39. The Hall–Kier alpha value is -3.19. The van der Waals surface area contributed by atoms with Crippen molar-refractivity contribution >= 4 is 11.7 Å². The van der Waals surface area contributed by atoms with Crippen LogP contribution in [0.5, 0.6) is 0 Å². The highest BCUT2D eigenvalue weighted by Gasteiger charge is 2.43. The van der Waals surface area contributed by atoms with Crippen molar-refractivity contribution < 1.29 is 19.4 Å². The van der Waals surface area contributed by atoms with Gasteiger partial charge in [0.15, 0.2) is 0 Å². The lowest BCUT2D eigenvalue weighted by Gasteiger charge is -2.33. The molecule has 1 unspecified atom stereocenters. The van der Waals surface area contributed by atoms with E-state index in [1.165, 1.54) is 13.8 Å². The van der Waals surface area contributed by atoms with E-state index in [1.54, 1.807) is 24.3 Å². The Bertz CT molecular complexity index is 768. The van der Waals surface area contributed by atoms with Gasteiger partial charge >= 0.3 is 5.97 Å². The summed E-state index contributed by atoms with van der Waals surface area (Å²) in [6.07, 6.45) is 0. The molecule has 0 fully saturated rings. The number of esters is 1. The van der Waals surface area contributed by atoms with Crippen molar-refractivity contribution in [3.05, 3.63) is 41.3 Å². The van der Waals surface area contributed by atoms with Crippen molar-refractivity contribution in [1.82, 2.24) is 0 Å². The number of cyclic esters (lactones) is 1. The van der Waals surface area contributed by atoms with Crippen LogP contribution in [0.2, 0.25) is 0 Å². The van der Waals surface area contributed by atoms with Gasteiger partial charge in [-0.2, -0.15) is 10.5 Å². The molecule has 7 heteroatoms. The molecule has 0 saturated heterocycles. The Morgan fingerprint density at radius 3 is 2.12 bits per heavy atom. The fourth-order valence-electron chi connectivity index (χ4n) is 2.62. The Balaban J connectivity index is 2.57. The van der Waals surface area contributed by atoms with Crippen molar-refractivity contribution in [2.24, 2.45) is 5.92 Å². The van der Waals surface area contributed by atoms with Crippen LogP contribution in [0.3, 0.4) is 0 Å². The number of carbonyl (C=O) groups excluding carboxylic acids is 1. The number of aliphatic hydroxyl groups is 1. The van der Waals surface area contributed by atoms with Crippen LogP contribution in [-0.2, 0) is 14.3 Å². The molecule has 1 N–H and O–H groups in total. The number of ether oxygens (including phenoxy) is 2. The lowest BCUT2D eigenvalue weighted by atomic mass is 9.81. The minimum absolute atomic E-state index is 0.231. The molecular formula is C18H19N3O4. The maximum Gasteiger partial charge on any atom is 0.345 e. The van der Waals surface area contributed by atoms with Crippen LogP contribution in [0.1, 0.15) is 25.3 Å². The molecule has 1 heterocycles. The van der Waals surface area contributed by atoms with Gasteiger partial charge in [0.05, 0.1) is 18.1 Å². The summed E-state index contributed by atoms with van der Waals surface area (Å²) in [6.45, 7) is 2.95. The predicted octanol–water partition coefficient (Wildman–Crippen LogP) is 2.58. The summed E-state index contributed by atoms with van der Waals surface area (Å²) in [7, 11) is 3.76. The Labute approximate surface area is 146 Å². The van der Waals surface area contributed by atoms with Gasteiger partial charge in [0, 0.05) is 33.6 Å². The Morgan fingerprint density at radius 1 is 1.12 bits per heavy atom. The molecule has 0 amide bonds. The fraction of sp³-hybridized carbons (Fsp3) is 0.389. The SMILES string of the molecule is CN(C)c1ccc(C(C2=C(O)OC(C)(C)OC2=O)C(C#N)C#N)cc1. The molecule has 0 aromatic heterocycles. The number of rotatable bonds is 4. The number of benzene rings is 1. The number of anilines is 1. The largest absolute Gasteiger partial charge is 0.480 e. The summed E-state index contributed by atoms with van der Waals surface area (Å²) in [5.74, 6) is -4.95. The summed E-state index contributed by atoms with van der Waals surface area (Å²) >= 11 is 0. The number of hydrogen-bond donors (Lipinski definition) is 1. The zero-order chi connectivity index (χ0) is 18.8. The van der Waals surface area contributed by atoms with Gasteiger partial charge in [-0.3, -0.25) is 0 Å². The molecule has 0 aliphatic carbocycles. The van der Waals surface area contributed by atoms with E-state index in [0.29, 0.717) is 5.56 Å². The van der Waals surface area contributed by atoms with Crippen molar-refractivity contribution in [2.75, 3.05) is 19.0 Å². The average Bonchev–Trinajstić information content (AvgIpc) is 2.52. The van der Waals surface area contributed by atoms with Gasteiger partial charge in [0.25, 0.3) is 11.7 Å². The van der Waals surface area contributed by atoms with Crippen LogP contribution in [0.25, 0.3) is 0 Å². The molecule has 1 atom stereocenters. The van der Waals surface area contributed by atoms with E-state index < -0.39 is 29.5 Å². The van der Waals surface area contributed by atoms with E-state index in [2.05, 4.69) is 0 Å². The molecule has 1 aromatic rings. The van der Waals surface area contributed by atoms with Crippen LogP contribution < -0.4 is 4.90 Å². The van der Waals surface area contributed by atoms with Crippen LogP contribution in [0.15, 0.2) is 35.8 Å². The summed E-state index contributed by atoms with van der Waals surface area (Å²) in [5, 5.41) is 28.9. The van der Waals surface area contributed by atoms with E-state index in [1.807, 2.05) is 31.1 Å². The summed E-state index contributed by atoms with van der Waals surface area (Å²) in [6, 6.07) is 10.7. The van der Waals surface area contributed by atoms with Crippen LogP contribution in [0.4, 0.5) is 5.69 Å². The van der Waals surface area contributed by atoms with E-state index in [9.17, 15) is 20.4 Å².